The maximum atomic E-state index is 15.3. The van der Waals surface area contributed by atoms with Crippen molar-refractivity contribution >= 4 is 28.4 Å². The predicted octanol–water partition coefficient (Wildman–Crippen LogP) is 4.61. The summed E-state index contributed by atoms with van der Waals surface area (Å²) in [5, 5.41) is 5.58. The van der Waals surface area contributed by atoms with E-state index in [2.05, 4.69) is 10.1 Å². The SMILES string of the molecule is COCCOc1ccc(-c2cc(F)c(CN3Cc4ncccc4C3=O)c(Cl)c2)c2cn(C)nc12. The first-order valence-corrected chi connectivity index (χ1v) is 11.1. The summed E-state index contributed by atoms with van der Waals surface area (Å²) in [5.41, 5.74) is 3.57. The molecule has 7 nitrogen and oxygen atoms in total. The number of amides is 1. The van der Waals surface area contributed by atoms with Crippen LogP contribution in [-0.4, -0.2) is 45.9 Å². The molecule has 0 radical (unpaired) electrons. The average Bonchev–Trinajstić information content (AvgIpc) is 3.36. The monoisotopic (exact) mass is 480 g/mol. The predicted molar refractivity (Wildman–Crippen MR) is 126 cm³/mol. The zero-order valence-corrected chi connectivity index (χ0v) is 19.5. The molecule has 0 spiro atoms. The Kier molecular flexibility index (Phi) is 5.93. The first-order chi connectivity index (χ1) is 16.5. The molecule has 0 N–H and O–H groups in total. The van der Waals surface area contributed by atoms with Crippen LogP contribution in [0.1, 0.15) is 21.6 Å². The number of aryl methyl sites for hydroxylation is 1. The van der Waals surface area contributed by atoms with E-state index in [0.717, 1.165) is 10.9 Å². The number of benzene rings is 2. The van der Waals surface area contributed by atoms with Crippen molar-refractivity contribution in [3.63, 3.8) is 0 Å². The van der Waals surface area contributed by atoms with E-state index in [9.17, 15) is 4.79 Å². The van der Waals surface area contributed by atoms with Gasteiger partial charge in [0.15, 0.2) is 0 Å². The Hall–Kier alpha value is -3.49. The van der Waals surface area contributed by atoms with Gasteiger partial charge in [0.2, 0.25) is 0 Å². The number of hydrogen-bond donors (Lipinski definition) is 0. The van der Waals surface area contributed by atoms with Crippen LogP contribution in [0.3, 0.4) is 0 Å². The molecule has 5 rings (SSSR count). The number of ether oxygens (including phenoxy) is 2. The highest BCUT2D eigenvalue weighted by Crippen LogP contribution is 2.37. The van der Waals surface area contributed by atoms with Crippen LogP contribution in [0.4, 0.5) is 4.39 Å². The number of nitrogens with zero attached hydrogens (tertiary/aromatic N) is 4. The summed E-state index contributed by atoms with van der Waals surface area (Å²) >= 11 is 6.54. The second-order valence-electron chi connectivity index (χ2n) is 8.09. The molecular weight excluding hydrogens is 459 g/mol. The molecule has 2 aromatic carbocycles. The Labute approximate surface area is 200 Å². The number of methoxy groups -OCH3 is 1. The van der Waals surface area contributed by atoms with Gasteiger partial charge in [0.1, 0.15) is 23.7 Å². The summed E-state index contributed by atoms with van der Waals surface area (Å²) in [5.74, 6) is -0.0271. The fraction of sp³-hybridized carbons (Fsp3) is 0.240. The highest BCUT2D eigenvalue weighted by Gasteiger charge is 2.29. The van der Waals surface area contributed by atoms with Crippen molar-refractivity contribution in [1.82, 2.24) is 19.7 Å². The third-order valence-corrected chi connectivity index (χ3v) is 6.19. The highest BCUT2D eigenvalue weighted by molar-refractivity contribution is 6.31. The third kappa shape index (κ3) is 3.99. The van der Waals surface area contributed by atoms with Gasteiger partial charge in [-0.15, -0.1) is 0 Å². The fourth-order valence-corrected chi connectivity index (χ4v) is 4.48. The van der Waals surface area contributed by atoms with Gasteiger partial charge in [-0.1, -0.05) is 11.6 Å². The van der Waals surface area contributed by atoms with E-state index in [1.807, 2.05) is 25.4 Å². The minimum absolute atomic E-state index is 0.0642. The topological polar surface area (TPSA) is 69.5 Å². The first kappa shape index (κ1) is 22.3. The van der Waals surface area contributed by atoms with E-state index in [-0.39, 0.29) is 23.0 Å². The van der Waals surface area contributed by atoms with E-state index >= 15 is 4.39 Å². The lowest BCUT2D eigenvalue weighted by molar-refractivity contribution is 0.0765. The lowest BCUT2D eigenvalue weighted by atomic mass is 9.99. The van der Waals surface area contributed by atoms with E-state index < -0.39 is 5.82 Å². The van der Waals surface area contributed by atoms with Gasteiger partial charge in [0, 0.05) is 42.5 Å². The van der Waals surface area contributed by atoms with E-state index in [1.54, 1.807) is 41.1 Å². The third-order valence-electron chi connectivity index (χ3n) is 5.85. The van der Waals surface area contributed by atoms with Crippen molar-refractivity contribution in [2.75, 3.05) is 20.3 Å². The molecule has 0 aliphatic carbocycles. The number of halogens is 2. The van der Waals surface area contributed by atoms with Gasteiger partial charge in [0.25, 0.3) is 5.91 Å². The van der Waals surface area contributed by atoms with Crippen LogP contribution in [0.2, 0.25) is 5.02 Å². The maximum Gasteiger partial charge on any atom is 0.256 e. The highest BCUT2D eigenvalue weighted by atomic mass is 35.5. The standard InChI is InChI=1S/C25H22ClFN4O3/c1-30-12-18-16(5-6-23(24(18)29-30)34-9-8-33-2)15-10-20(26)19(21(27)11-15)13-31-14-22-17(25(31)32)4-3-7-28-22/h3-7,10-12H,8-9,13-14H2,1-2H3. The number of aromatic nitrogens is 3. The quantitative estimate of drug-likeness (QED) is 0.361. The summed E-state index contributed by atoms with van der Waals surface area (Å²) < 4.78 is 27.8. The smallest absolute Gasteiger partial charge is 0.256 e. The summed E-state index contributed by atoms with van der Waals surface area (Å²) in [6.45, 7) is 1.24. The number of pyridine rings is 1. The first-order valence-electron chi connectivity index (χ1n) is 10.8. The van der Waals surface area contributed by atoms with Gasteiger partial charge in [-0.3, -0.25) is 14.5 Å². The molecule has 0 saturated heterocycles. The van der Waals surface area contributed by atoms with Crippen molar-refractivity contribution < 1.29 is 18.7 Å². The molecule has 1 aliphatic heterocycles. The molecule has 174 valence electrons. The van der Waals surface area contributed by atoms with Gasteiger partial charge >= 0.3 is 0 Å². The molecule has 1 amide bonds. The maximum absolute atomic E-state index is 15.3. The van der Waals surface area contributed by atoms with Crippen LogP contribution in [0.5, 0.6) is 5.75 Å². The van der Waals surface area contributed by atoms with Gasteiger partial charge < -0.3 is 14.4 Å². The number of fused-ring (bicyclic) bond motifs is 2. The van der Waals surface area contributed by atoms with Gasteiger partial charge in [0.05, 0.1) is 31.0 Å². The molecule has 4 aromatic rings. The fourth-order valence-electron chi connectivity index (χ4n) is 4.21. The minimum atomic E-state index is -0.475. The normalized spacial score (nSPS) is 13.1. The van der Waals surface area contributed by atoms with E-state index in [0.29, 0.717) is 47.8 Å². The van der Waals surface area contributed by atoms with E-state index in [4.69, 9.17) is 21.1 Å². The van der Waals surface area contributed by atoms with Crippen LogP contribution < -0.4 is 4.74 Å². The molecular formula is C25H22ClFN4O3. The Morgan fingerprint density at radius 2 is 2.03 bits per heavy atom. The van der Waals surface area contributed by atoms with E-state index in [1.165, 1.54) is 6.07 Å². The summed E-state index contributed by atoms with van der Waals surface area (Å²) in [4.78, 5) is 18.5. The number of carbonyl (C=O) groups is 1. The zero-order valence-electron chi connectivity index (χ0n) is 18.7. The zero-order chi connectivity index (χ0) is 23.8. The van der Waals surface area contributed by atoms with Crippen LogP contribution in [0.25, 0.3) is 22.0 Å². The lowest BCUT2D eigenvalue weighted by Crippen LogP contribution is -2.24. The molecule has 3 heterocycles. The van der Waals surface area contributed by atoms with Crippen molar-refractivity contribution in [2.24, 2.45) is 7.05 Å². The van der Waals surface area contributed by atoms with Gasteiger partial charge in [-0.25, -0.2) is 4.39 Å². The molecule has 2 aromatic heterocycles. The Morgan fingerprint density at radius 1 is 1.18 bits per heavy atom. The van der Waals surface area contributed by atoms with Crippen molar-refractivity contribution in [3.05, 3.63) is 76.5 Å². The lowest BCUT2D eigenvalue weighted by Gasteiger charge is -2.18. The summed E-state index contributed by atoms with van der Waals surface area (Å²) in [6.07, 6.45) is 3.51. The van der Waals surface area contributed by atoms with Gasteiger partial charge in [-0.05, 0) is 47.5 Å². The number of carbonyl (C=O) groups excluding carboxylic acids is 1. The summed E-state index contributed by atoms with van der Waals surface area (Å²) in [7, 11) is 3.43. The molecule has 34 heavy (non-hydrogen) atoms. The molecule has 1 aliphatic rings. The van der Waals surface area contributed by atoms with Crippen LogP contribution in [0.15, 0.2) is 48.8 Å². The van der Waals surface area contributed by atoms with Crippen molar-refractivity contribution in [1.29, 1.82) is 0 Å². The molecule has 0 atom stereocenters. The van der Waals surface area contributed by atoms with Crippen LogP contribution in [0, 0.1) is 5.82 Å². The Balaban J connectivity index is 1.46. The number of hydrogen-bond acceptors (Lipinski definition) is 5. The molecule has 0 saturated carbocycles. The second-order valence-corrected chi connectivity index (χ2v) is 8.50. The largest absolute Gasteiger partial charge is 0.489 e. The average molecular weight is 481 g/mol. The Morgan fingerprint density at radius 3 is 2.79 bits per heavy atom. The minimum Gasteiger partial charge on any atom is -0.489 e. The Bertz CT molecular complexity index is 1380. The molecule has 0 bridgehead atoms. The molecule has 0 fully saturated rings. The molecule has 0 unspecified atom stereocenters. The van der Waals surface area contributed by atoms with Crippen LogP contribution in [-0.2, 0) is 24.9 Å². The second kappa shape index (κ2) is 9.04. The van der Waals surface area contributed by atoms with Crippen molar-refractivity contribution in [3.8, 4) is 16.9 Å². The summed E-state index contributed by atoms with van der Waals surface area (Å²) in [6, 6.07) is 10.3. The molecule has 9 heteroatoms. The number of rotatable bonds is 7. The van der Waals surface area contributed by atoms with Crippen LogP contribution >= 0.6 is 11.6 Å². The van der Waals surface area contributed by atoms with Gasteiger partial charge in [-0.2, -0.15) is 5.10 Å². The van der Waals surface area contributed by atoms with Crippen molar-refractivity contribution in [2.45, 2.75) is 13.1 Å².